The second-order valence-corrected chi connectivity index (χ2v) is 5.43. The predicted molar refractivity (Wildman–Crippen MR) is 85.9 cm³/mol. The summed E-state index contributed by atoms with van der Waals surface area (Å²) in [6.07, 6.45) is 2.57. The van der Waals surface area contributed by atoms with Crippen molar-refractivity contribution in [2.24, 2.45) is 0 Å². The maximum Gasteiger partial charge on any atom is 0.0818 e. The minimum Gasteiger partial charge on any atom is -0.383 e. The summed E-state index contributed by atoms with van der Waals surface area (Å²) in [4.78, 5) is 0. The number of nitrogens with one attached hydrogen (secondary N) is 1. The van der Waals surface area contributed by atoms with E-state index in [2.05, 4.69) is 34.7 Å². The van der Waals surface area contributed by atoms with Crippen molar-refractivity contribution in [2.45, 2.75) is 18.9 Å². The van der Waals surface area contributed by atoms with E-state index in [1.807, 2.05) is 17.8 Å². The molecule has 1 heterocycles. The molecule has 1 aromatic heterocycles. The summed E-state index contributed by atoms with van der Waals surface area (Å²) < 4.78 is 7.07. The van der Waals surface area contributed by atoms with Crippen molar-refractivity contribution in [3.8, 4) is 0 Å². The molecule has 5 heteroatoms. The van der Waals surface area contributed by atoms with Crippen LogP contribution < -0.4 is 5.32 Å². The number of halogens is 1. The van der Waals surface area contributed by atoms with Crippen LogP contribution in [0, 0.1) is 0 Å². The van der Waals surface area contributed by atoms with E-state index in [0.717, 1.165) is 30.2 Å². The number of hydrogen-bond acceptors (Lipinski definition) is 3. The second kappa shape index (κ2) is 8.17. The summed E-state index contributed by atoms with van der Waals surface area (Å²) in [7, 11) is 3.67. The second-order valence-electron chi connectivity index (χ2n) is 5.02. The molecule has 0 radical (unpaired) electrons. The quantitative estimate of drug-likeness (QED) is 0.815. The molecular formula is C16H22ClN3O. The number of ether oxygens (including phenoxy) is 1. The average molecular weight is 308 g/mol. The Labute approximate surface area is 131 Å². The molecule has 0 aliphatic heterocycles. The Morgan fingerprint density at radius 1 is 1.33 bits per heavy atom. The van der Waals surface area contributed by atoms with Crippen LogP contribution in [0.3, 0.4) is 0 Å². The highest BCUT2D eigenvalue weighted by atomic mass is 35.5. The Balaban J connectivity index is 2.19. The first-order valence-corrected chi connectivity index (χ1v) is 7.52. The highest BCUT2D eigenvalue weighted by Crippen LogP contribution is 2.25. The summed E-state index contributed by atoms with van der Waals surface area (Å²) >= 11 is 6.31. The average Bonchev–Trinajstić information content (AvgIpc) is 2.86. The van der Waals surface area contributed by atoms with Gasteiger partial charge in [0.15, 0.2) is 0 Å². The zero-order valence-corrected chi connectivity index (χ0v) is 13.3. The van der Waals surface area contributed by atoms with Crippen LogP contribution >= 0.6 is 11.6 Å². The minimum absolute atomic E-state index is 0.367. The first kappa shape index (κ1) is 16.0. The number of hydrogen-bond donors (Lipinski definition) is 1. The van der Waals surface area contributed by atoms with Crippen LogP contribution in [-0.4, -0.2) is 37.1 Å². The summed E-state index contributed by atoms with van der Waals surface area (Å²) in [5.41, 5.74) is 2.38. The molecule has 2 rings (SSSR count). The van der Waals surface area contributed by atoms with E-state index < -0.39 is 0 Å². The van der Waals surface area contributed by atoms with Crippen molar-refractivity contribution >= 4 is 11.6 Å². The molecule has 4 nitrogen and oxygen atoms in total. The lowest BCUT2D eigenvalue weighted by Gasteiger charge is -2.18. The molecule has 0 spiro atoms. The monoisotopic (exact) mass is 307 g/mol. The van der Waals surface area contributed by atoms with Gasteiger partial charge < -0.3 is 10.1 Å². The van der Waals surface area contributed by atoms with Crippen LogP contribution in [0.4, 0.5) is 0 Å². The van der Waals surface area contributed by atoms with Crippen molar-refractivity contribution in [1.82, 2.24) is 15.1 Å². The molecule has 0 aliphatic carbocycles. The van der Waals surface area contributed by atoms with Crippen molar-refractivity contribution in [1.29, 1.82) is 0 Å². The lowest BCUT2D eigenvalue weighted by molar-refractivity contribution is 0.182. The lowest BCUT2D eigenvalue weighted by atomic mass is 9.94. The third-order valence-electron chi connectivity index (χ3n) is 3.57. The van der Waals surface area contributed by atoms with Crippen LogP contribution in [0.2, 0.25) is 5.02 Å². The van der Waals surface area contributed by atoms with Crippen LogP contribution in [0.15, 0.2) is 36.5 Å². The topological polar surface area (TPSA) is 39.1 Å². The summed E-state index contributed by atoms with van der Waals surface area (Å²) in [6, 6.07) is 10.5. The van der Waals surface area contributed by atoms with Crippen molar-refractivity contribution in [3.05, 3.63) is 52.8 Å². The first-order chi connectivity index (χ1) is 10.3. The van der Waals surface area contributed by atoms with Gasteiger partial charge in [0.25, 0.3) is 0 Å². The highest BCUT2D eigenvalue weighted by molar-refractivity contribution is 6.31. The molecule has 0 aliphatic rings. The summed E-state index contributed by atoms with van der Waals surface area (Å²) in [5.74, 6) is 0.367. The number of methoxy groups -OCH3 is 1. The van der Waals surface area contributed by atoms with Gasteiger partial charge in [0.2, 0.25) is 0 Å². The van der Waals surface area contributed by atoms with Crippen LogP contribution in [0.5, 0.6) is 0 Å². The molecule has 114 valence electrons. The van der Waals surface area contributed by atoms with Gasteiger partial charge in [-0.05, 0) is 19.0 Å². The molecule has 2 aromatic rings. The van der Waals surface area contributed by atoms with Gasteiger partial charge in [-0.25, -0.2) is 0 Å². The Kier molecular flexibility index (Phi) is 6.23. The van der Waals surface area contributed by atoms with E-state index >= 15 is 0 Å². The highest BCUT2D eigenvalue weighted by Gasteiger charge is 2.17. The van der Waals surface area contributed by atoms with Crippen molar-refractivity contribution in [3.63, 3.8) is 0 Å². The Morgan fingerprint density at radius 2 is 2.10 bits per heavy atom. The normalized spacial score (nSPS) is 12.5. The standard InChI is InChI=1S/C16H22ClN3O/c1-18-11-14(13-6-4-3-5-7-13)10-16-15(17)12-19-20(16)8-9-21-2/h3-7,12,14,18H,8-11H2,1-2H3. The Morgan fingerprint density at radius 3 is 2.76 bits per heavy atom. The van der Waals surface area contributed by atoms with Crippen LogP contribution in [0.1, 0.15) is 17.2 Å². The number of likely N-dealkylation sites (N-methyl/N-ethyl adjacent to an activating group) is 1. The summed E-state index contributed by atoms with van der Waals surface area (Å²) in [5, 5.41) is 8.33. The predicted octanol–water partition coefficient (Wildman–Crippen LogP) is 2.73. The SMILES string of the molecule is CNCC(Cc1c(Cl)cnn1CCOC)c1ccccc1. The van der Waals surface area contributed by atoms with E-state index in [1.54, 1.807) is 13.3 Å². The number of rotatable bonds is 8. The number of aromatic nitrogens is 2. The number of nitrogens with zero attached hydrogens (tertiary/aromatic N) is 2. The van der Waals surface area contributed by atoms with Gasteiger partial charge in [-0.15, -0.1) is 0 Å². The Hall–Kier alpha value is -1.36. The van der Waals surface area contributed by atoms with Gasteiger partial charge in [-0.2, -0.15) is 5.10 Å². The smallest absolute Gasteiger partial charge is 0.0818 e. The molecule has 0 amide bonds. The third kappa shape index (κ3) is 4.30. The largest absolute Gasteiger partial charge is 0.383 e. The molecule has 1 unspecified atom stereocenters. The maximum atomic E-state index is 6.31. The molecule has 1 aromatic carbocycles. The third-order valence-corrected chi connectivity index (χ3v) is 3.88. The zero-order valence-electron chi connectivity index (χ0n) is 12.6. The summed E-state index contributed by atoms with van der Waals surface area (Å²) in [6.45, 7) is 2.25. The van der Waals surface area contributed by atoms with Gasteiger partial charge in [0.05, 0.1) is 30.1 Å². The van der Waals surface area contributed by atoms with E-state index in [0.29, 0.717) is 12.5 Å². The van der Waals surface area contributed by atoms with Gasteiger partial charge in [0.1, 0.15) is 0 Å². The Bertz CT molecular complexity index is 542. The molecule has 1 N–H and O–H groups in total. The molecule has 0 saturated carbocycles. The van der Waals surface area contributed by atoms with E-state index in [4.69, 9.17) is 16.3 Å². The molecule has 0 bridgehead atoms. The van der Waals surface area contributed by atoms with Crippen LogP contribution in [-0.2, 0) is 17.7 Å². The molecule has 1 atom stereocenters. The number of benzene rings is 1. The van der Waals surface area contributed by atoms with Crippen LogP contribution in [0.25, 0.3) is 0 Å². The van der Waals surface area contributed by atoms with Gasteiger partial charge in [0, 0.05) is 19.6 Å². The van der Waals surface area contributed by atoms with E-state index in [1.165, 1.54) is 5.56 Å². The minimum atomic E-state index is 0.367. The molecule has 0 fully saturated rings. The fourth-order valence-corrected chi connectivity index (χ4v) is 2.69. The molecular weight excluding hydrogens is 286 g/mol. The lowest BCUT2D eigenvalue weighted by Crippen LogP contribution is -2.21. The molecule has 21 heavy (non-hydrogen) atoms. The van der Waals surface area contributed by atoms with E-state index in [9.17, 15) is 0 Å². The maximum absolute atomic E-state index is 6.31. The first-order valence-electron chi connectivity index (χ1n) is 7.15. The van der Waals surface area contributed by atoms with Crippen molar-refractivity contribution in [2.75, 3.05) is 27.3 Å². The van der Waals surface area contributed by atoms with Gasteiger partial charge >= 0.3 is 0 Å². The van der Waals surface area contributed by atoms with Gasteiger partial charge in [-0.1, -0.05) is 41.9 Å². The molecule has 0 saturated heterocycles. The van der Waals surface area contributed by atoms with Gasteiger partial charge in [-0.3, -0.25) is 4.68 Å². The zero-order chi connectivity index (χ0) is 15.1. The fraction of sp³-hybridized carbons (Fsp3) is 0.438. The van der Waals surface area contributed by atoms with Crippen molar-refractivity contribution < 1.29 is 4.74 Å². The van der Waals surface area contributed by atoms with E-state index in [-0.39, 0.29) is 0 Å². The fourth-order valence-electron chi connectivity index (χ4n) is 2.47.